The van der Waals surface area contributed by atoms with E-state index < -0.39 is 34.6 Å². The zero-order valence-electron chi connectivity index (χ0n) is 16.3. The van der Waals surface area contributed by atoms with Crippen molar-refractivity contribution in [2.45, 2.75) is 83.6 Å². The van der Waals surface area contributed by atoms with Crippen LogP contribution in [0.5, 0.6) is 0 Å². The minimum atomic E-state index is -1.85. The summed E-state index contributed by atoms with van der Waals surface area (Å²) in [6.07, 6.45) is -0.479. The van der Waals surface area contributed by atoms with E-state index in [1.165, 1.54) is 0 Å². The zero-order valence-corrected chi connectivity index (χ0v) is 18.3. The van der Waals surface area contributed by atoms with Crippen LogP contribution in [-0.2, 0) is 18.3 Å². The molecule has 5 atom stereocenters. The Bertz CT molecular complexity index is 378. The summed E-state index contributed by atoms with van der Waals surface area (Å²) in [7, 11) is -1.89. The highest BCUT2D eigenvalue weighted by atomic mass is 28.4. The molecular formula is C16H36O5Si2. The van der Waals surface area contributed by atoms with Crippen LogP contribution in [0.1, 0.15) is 20.3 Å². The average molecular weight is 365 g/mol. The minimum absolute atomic E-state index is 0.0177. The van der Waals surface area contributed by atoms with Gasteiger partial charge in [0.25, 0.3) is 0 Å². The molecule has 0 aromatic carbocycles. The smallest absolute Gasteiger partial charge is 0.193 e. The third-order valence-electron chi connectivity index (χ3n) is 4.17. The molecule has 0 radical (unpaired) electrons. The molecule has 0 aromatic rings. The number of aliphatic hydroxyl groups excluding tert-OH is 1. The van der Waals surface area contributed by atoms with E-state index in [2.05, 4.69) is 46.2 Å². The second kappa shape index (κ2) is 7.64. The highest BCUT2D eigenvalue weighted by molar-refractivity contribution is 6.70. The highest BCUT2D eigenvalue weighted by Gasteiger charge is 2.53. The molecule has 1 rings (SSSR count). The molecule has 3 unspecified atom stereocenters. The topological polar surface area (TPSA) is 57.2 Å². The van der Waals surface area contributed by atoms with Crippen LogP contribution in [0.4, 0.5) is 0 Å². The summed E-state index contributed by atoms with van der Waals surface area (Å²) < 4.78 is 24.2. The van der Waals surface area contributed by atoms with Crippen molar-refractivity contribution in [3.05, 3.63) is 0 Å². The SMILES string of the molecule is CC[C@@H]1C(CO[Si](C)(C)C)O[C@@](C)(OC)C(O[Si](C)(C)C)C1O. The standard InChI is InChI=1S/C16H36O5Si2/c1-10-12-13(11-19-22(4,5)6)20-16(2,18-3)15(14(12)17)21-23(7,8)9/h12-15,17H,10-11H2,1-9H3/t12-,13?,14?,15?,16-/m1/s1. The van der Waals surface area contributed by atoms with Gasteiger partial charge in [-0.2, -0.15) is 0 Å². The lowest BCUT2D eigenvalue weighted by atomic mass is 9.84. The number of hydrogen-bond donors (Lipinski definition) is 1. The molecule has 0 bridgehead atoms. The van der Waals surface area contributed by atoms with E-state index in [1.807, 2.05) is 6.92 Å². The van der Waals surface area contributed by atoms with Gasteiger partial charge in [-0.05, 0) is 52.6 Å². The normalized spacial score (nSPS) is 36.3. The summed E-state index contributed by atoms with van der Waals surface area (Å²) in [5, 5.41) is 11.0. The monoisotopic (exact) mass is 364 g/mol. The lowest BCUT2D eigenvalue weighted by Crippen LogP contribution is -2.65. The van der Waals surface area contributed by atoms with Gasteiger partial charge in [0.2, 0.25) is 0 Å². The Morgan fingerprint density at radius 1 is 1.09 bits per heavy atom. The van der Waals surface area contributed by atoms with Crippen molar-refractivity contribution in [1.82, 2.24) is 0 Å². The number of ether oxygens (including phenoxy) is 2. The fourth-order valence-electron chi connectivity index (χ4n) is 2.93. The van der Waals surface area contributed by atoms with E-state index >= 15 is 0 Å². The van der Waals surface area contributed by atoms with Crippen LogP contribution in [0.15, 0.2) is 0 Å². The number of hydrogen-bond acceptors (Lipinski definition) is 5. The molecule has 138 valence electrons. The van der Waals surface area contributed by atoms with E-state index in [4.69, 9.17) is 18.3 Å². The molecule has 0 aliphatic carbocycles. The van der Waals surface area contributed by atoms with Crippen molar-refractivity contribution >= 4 is 16.6 Å². The predicted molar refractivity (Wildman–Crippen MR) is 97.6 cm³/mol. The Morgan fingerprint density at radius 3 is 2.04 bits per heavy atom. The fourth-order valence-corrected chi connectivity index (χ4v) is 4.71. The second-order valence-corrected chi connectivity index (χ2v) is 17.5. The maximum absolute atomic E-state index is 11.0. The molecule has 23 heavy (non-hydrogen) atoms. The van der Waals surface area contributed by atoms with Crippen molar-refractivity contribution in [2.75, 3.05) is 13.7 Å². The molecule has 1 heterocycles. The summed E-state index contributed by atoms with van der Waals surface area (Å²) in [4.78, 5) is 0. The van der Waals surface area contributed by atoms with Gasteiger partial charge in [-0.15, -0.1) is 0 Å². The zero-order chi connectivity index (χ0) is 18.1. The summed E-state index contributed by atoms with van der Waals surface area (Å²) in [6.45, 7) is 17.2. The quantitative estimate of drug-likeness (QED) is 0.703. The van der Waals surface area contributed by atoms with Crippen LogP contribution in [0.2, 0.25) is 39.3 Å². The van der Waals surface area contributed by atoms with Crippen LogP contribution < -0.4 is 0 Å². The number of aliphatic hydroxyl groups is 1. The Morgan fingerprint density at radius 2 is 1.65 bits per heavy atom. The molecule has 0 amide bonds. The van der Waals surface area contributed by atoms with Crippen molar-refractivity contribution in [3.63, 3.8) is 0 Å². The first-order chi connectivity index (χ1) is 10.3. The summed E-state index contributed by atoms with van der Waals surface area (Å²) >= 11 is 0. The number of methoxy groups -OCH3 is 1. The van der Waals surface area contributed by atoms with Crippen molar-refractivity contribution in [1.29, 1.82) is 0 Å². The van der Waals surface area contributed by atoms with Crippen LogP contribution in [0.25, 0.3) is 0 Å². The third kappa shape index (κ3) is 5.91. The maximum Gasteiger partial charge on any atom is 0.193 e. The van der Waals surface area contributed by atoms with Crippen LogP contribution in [0.3, 0.4) is 0 Å². The van der Waals surface area contributed by atoms with Crippen molar-refractivity contribution in [3.8, 4) is 0 Å². The molecule has 1 N–H and O–H groups in total. The van der Waals surface area contributed by atoms with E-state index in [9.17, 15) is 5.11 Å². The van der Waals surface area contributed by atoms with Gasteiger partial charge in [0.1, 0.15) is 6.10 Å². The summed E-state index contributed by atoms with van der Waals surface area (Å²) in [6, 6.07) is 0. The van der Waals surface area contributed by atoms with Crippen LogP contribution >= 0.6 is 0 Å². The highest BCUT2D eigenvalue weighted by Crippen LogP contribution is 2.38. The first-order valence-electron chi connectivity index (χ1n) is 8.56. The Labute approximate surface area is 143 Å². The van der Waals surface area contributed by atoms with Gasteiger partial charge in [0.15, 0.2) is 22.4 Å². The van der Waals surface area contributed by atoms with E-state index in [0.29, 0.717) is 6.61 Å². The Hall–Kier alpha value is 0.234. The second-order valence-electron chi connectivity index (χ2n) is 8.51. The molecule has 0 saturated carbocycles. The first-order valence-corrected chi connectivity index (χ1v) is 15.4. The van der Waals surface area contributed by atoms with Gasteiger partial charge in [0.05, 0.1) is 18.8 Å². The van der Waals surface area contributed by atoms with Gasteiger partial charge in [-0.3, -0.25) is 0 Å². The first kappa shape index (κ1) is 21.3. The lowest BCUT2D eigenvalue weighted by molar-refractivity contribution is -0.337. The van der Waals surface area contributed by atoms with E-state index in [1.54, 1.807) is 7.11 Å². The summed E-state index contributed by atoms with van der Waals surface area (Å²) in [5.41, 5.74) is 0. The predicted octanol–water partition coefficient (Wildman–Crippen LogP) is 3.21. The average Bonchev–Trinajstić information content (AvgIpc) is 2.39. The van der Waals surface area contributed by atoms with Gasteiger partial charge in [0, 0.05) is 13.0 Å². The van der Waals surface area contributed by atoms with Crippen LogP contribution in [0, 0.1) is 5.92 Å². The maximum atomic E-state index is 11.0. The molecular weight excluding hydrogens is 328 g/mol. The Kier molecular flexibility index (Phi) is 7.06. The fraction of sp³-hybridized carbons (Fsp3) is 1.00. The minimum Gasteiger partial charge on any atom is -0.415 e. The third-order valence-corrected chi connectivity index (χ3v) is 6.16. The largest absolute Gasteiger partial charge is 0.415 e. The molecule has 0 spiro atoms. The molecule has 1 saturated heterocycles. The van der Waals surface area contributed by atoms with Gasteiger partial charge in [-0.1, -0.05) is 6.92 Å². The van der Waals surface area contributed by atoms with E-state index in [0.717, 1.165) is 6.42 Å². The van der Waals surface area contributed by atoms with Crippen molar-refractivity contribution in [2.24, 2.45) is 5.92 Å². The molecule has 0 aromatic heterocycles. The van der Waals surface area contributed by atoms with Gasteiger partial charge < -0.3 is 23.4 Å². The van der Waals surface area contributed by atoms with E-state index in [-0.39, 0.29) is 12.0 Å². The lowest BCUT2D eigenvalue weighted by Gasteiger charge is -2.51. The molecule has 1 aliphatic heterocycles. The molecule has 5 nitrogen and oxygen atoms in total. The Balaban J connectivity index is 3.00. The van der Waals surface area contributed by atoms with Gasteiger partial charge in [-0.25, -0.2) is 0 Å². The summed E-state index contributed by atoms with van der Waals surface area (Å²) in [5.74, 6) is -0.977. The van der Waals surface area contributed by atoms with Gasteiger partial charge >= 0.3 is 0 Å². The van der Waals surface area contributed by atoms with Crippen molar-refractivity contribution < 1.29 is 23.4 Å². The number of rotatable bonds is 7. The molecule has 7 heteroatoms. The van der Waals surface area contributed by atoms with Crippen LogP contribution in [-0.4, -0.2) is 59.6 Å². The molecule has 1 aliphatic rings. The molecule has 1 fully saturated rings.